The van der Waals surface area contributed by atoms with Crippen molar-refractivity contribution in [3.8, 4) is 0 Å². The molecule has 1 aromatic rings. The molecular weight excluding hydrogens is 368 g/mol. The Balaban J connectivity index is 1.50. The summed E-state index contributed by atoms with van der Waals surface area (Å²) < 4.78 is 0. The van der Waals surface area contributed by atoms with Crippen LogP contribution in [-0.2, 0) is 4.79 Å². The molecule has 4 aliphatic rings. The van der Waals surface area contributed by atoms with Crippen LogP contribution in [0.2, 0.25) is 0 Å². The van der Waals surface area contributed by atoms with Crippen molar-refractivity contribution in [2.24, 2.45) is 34.0 Å². The van der Waals surface area contributed by atoms with Crippen LogP contribution in [0.1, 0.15) is 84.6 Å². The van der Waals surface area contributed by atoms with Gasteiger partial charge in [-0.2, -0.15) is 0 Å². The minimum atomic E-state index is -0.523. The Labute approximate surface area is 182 Å². The Morgan fingerprint density at radius 1 is 0.867 bits per heavy atom. The summed E-state index contributed by atoms with van der Waals surface area (Å²) in [5.41, 5.74) is 1.99. The number of benzene rings is 1. The number of Topliss-reactive ketones (excluding diaryl/α,β-unsaturated/α-hetero) is 1. The van der Waals surface area contributed by atoms with Gasteiger partial charge in [0.15, 0.2) is 5.78 Å². The van der Waals surface area contributed by atoms with E-state index in [9.17, 15) is 9.90 Å². The van der Waals surface area contributed by atoms with Gasteiger partial charge in [-0.05, 0) is 103 Å². The molecule has 0 spiro atoms. The first-order valence-electron chi connectivity index (χ1n) is 12.1. The highest BCUT2D eigenvalue weighted by Gasteiger charge is 2.65. The zero-order chi connectivity index (χ0) is 21.4. The first-order chi connectivity index (χ1) is 14.1. The predicted octanol–water partition coefficient (Wildman–Crippen LogP) is 6.43. The Morgan fingerprint density at radius 3 is 2.27 bits per heavy atom. The van der Waals surface area contributed by atoms with Crippen molar-refractivity contribution in [1.29, 1.82) is 0 Å². The lowest BCUT2D eigenvalue weighted by molar-refractivity contribution is -0.169. The van der Waals surface area contributed by atoms with Gasteiger partial charge in [0.1, 0.15) is 0 Å². The third kappa shape index (κ3) is 2.68. The van der Waals surface area contributed by atoms with Crippen molar-refractivity contribution in [2.45, 2.75) is 84.7 Å². The summed E-state index contributed by atoms with van der Waals surface area (Å²) in [6, 6.07) is 10.3. The SMILES string of the molecule is C[C@@]12CC[C@@H]3[C@H]4CC[C@](C)(O)[C@]4(C)CC[C@@H]3[C@]1(C)C/C(=C\c1ccccc1)C(=O)C2. The molecule has 5 rings (SSSR count). The second-order valence-electron chi connectivity index (χ2n) is 12.0. The molecule has 0 radical (unpaired) electrons. The van der Waals surface area contributed by atoms with Crippen molar-refractivity contribution in [3.63, 3.8) is 0 Å². The highest BCUT2D eigenvalue weighted by Crippen LogP contribution is 2.71. The monoisotopic (exact) mass is 406 g/mol. The highest BCUT2D eigenvalue weighted by molar-refractivity contribution is 6.01. The molecule has 2 nitrogen and oxygen atoms in total. The lowest BCUT2D eigenvalue weighted by atomic mass is 9.40. The largest absolute Gasteiger partial charge is 0.390 e. The molecule has 0 amide bonds. The van der Waals surface area contributed by atoms with E-state index in [2.05, 4.69) is 58.0 Å². The van der Waals surface area contributed by atoms with Gasteiger partial charge in [0.25, 0.3) is 0 Å². The normalized spacial score (nSPS) is 49.4. The van der Waals surface area contributed by atoms with E-state index in [-0.39, 0.29) is 16.2 Å². The summed E-state index contributed by atoms with van der Waals surface area (Å²) in [6.45, 7) is 9.36. The molecule has 0 unspecified atom stereocenters. The molecule has 0 aliphatic heterocycles. The third-order valence-corrected chi connectivity index (χ3v) is 10.8. The van der Waals surface area contributed by atoms with Gasteiger partial charge in [0, 0.05) is 6.42 Å². The number of ketones is 1. The first kappa shape index (κ1) is 20.5. The van der Waals surface area contributed by atoms with Crippen LogP contribution < -0.4 is 0 Å². The minimum absolute atomic E-state index is 0.0610. The molecule has 162 valence electrons. The fourth-order valence-electron chi connectivity index (χ4n) is 8.42. The fraction of sp³-hybridized carbons (Fsp3) is 0.679. The van der Waals surface area contributed by atoms with Crippen LogP contribution in [0.25, 0.3) is 6.08 Å². The van der Waals surface area contributed by atoms with E-state index in [1.165, 1.54) is 19.3 Å². The summed E-state index contributed by atoms with van der Waals surface area (Å²) in [7, 11) is 0. The molecule has 0 heterocycles. The fourth-order valence-corrected chi connectivity index (χ4v) is 8.42. The minimum Gasteiger partial charge on any atom is -0.390 e. The summed E-state index contributed by atoms with van der Waals surface area (Å²) in [5, 5.41) is 11.2. The van der Waals surface area contributed by atoms with Crippen LogP contribution in [0.5, 0.6) is 0 Å². The second kappa shape index (κ2) is 6.55. The number of rotatable bonds is 1. The smallest absolute Gasteiger partial charge is 0.159 e. The van der Waals surface area contributed by atoms with Crippen LogP contribution in [0, 0.1) is 34.0 Å². The van der Waals surface area contributed by atoms with Gasteiger partial charge in [-0.15, -0.1) is 0 Å². The first-order valence-corrected chi connectivity index (χ1v) is 12.1. The van der Waals surface area contributed by atoms with Crippen LogP contribution in [0.15, 0.2) is 35.9 Å². The van der Waals surface area contributed by atoms with Crippen molar-refractivity contribution in [1.82, 2.24) is 0 Å². The Kier molecular flexibility index (Phi) is 4.47. The average Bonchev–Trinajstić information content (AvgIpc) is 2.94. The number of allylic oxidation sites excluding steroid dienone is 1. The predicted molar refractivity (Wildman–Crippen MR) is 122 cm³/mol. The van der Waals surface area contributed by atoms with Gasteiger partial charge in [0.2, 0.25) is 0 Å². The van der Waals surface area contributed by atoms with E-state index in [4.69, 9.17) is 0 Å². The molecular formula is C28H38O2. The Morgan fingerprint density at radius 2 is 1.53 bits per heavy atom. The lowest BCUT2D eigenvalue weighted by Gasteiger charge is -2.64. The third-order valence-electron chi connectivity index (χ3n) is 10.8. The maximum Gasteiger partial charge on any atom is 0.159 e. The number of hydrogen-bond acceptors (Lipinski definition) is 2. The van der Waals surface area contributed by atoms with Crippen LogP contribution >= 0.6 is 0 Å². The van der Waals surface area contributed by atoms with E-state index in [1.54, 1.807) is 0 Å². The maximum absolute atomic E-state index is 13.2. The topological polar surface area (TPSA) is 37.3 Å². The van der Waals surface area contributed by atoms with Crippen molar-refractivity contribution in [3.05, 3.63) is 41.5 Å². The summed E-state index contributed by atoms with van der Waals surface area (Å²) in [4.78, 5) is 13.2. The van der Waals surface area contributed by atoms with Gasteiger partial charge < -0.3 is 5.11 Å². The summed E-state index contributed by atoms with van der Waals surface area (Å²) in [6.07, 6.45) is 10.6. The standard InChI is InChI=1S/C28H38O2/c1-25-13-10-21-22-12-15-28(4,30)26(22,2)14-11-23(21)27(25,3)17-20(24(29)18-25)16-19-8-6-5-7-9-19/h5-9,16,21-23,30H,10-15,17-18H2,1-4H3/b20-16+/t21-,22-,23+,25+,26-,27+,28+/m1/s1. The summed E-state index contributed by atoms with van der Waals surface area (Å²) in [5.74, 6) is 2.35. The zero-order valence-electron chi connectivity index (χ0n) is 19.2. The molecule has 1 aromatic carbocycles. The number of aliphatic hydroxyl groups is 1. The lowest BCUT2D eigenvalue weighted by Crippen LogP contribution is -2.59. The number of fused-ring (bicyclic) bond motifs is 5. The second-order valence-corrected chi connectivity index (χ2v) is 12.0. The molecule has 7 atom stereocenters. The Hall–Kier alpha value is -1.41. The van der Waals surface area contributed by atoms with Gasteiger partial charge in [0.05, 0.1) is 5.60 Å². The van der Waals surface area contributed by atoms with Gasteiger partial charge >= 0.3 is 0 Å². The number of hydrogen-bond donors (Lipinski definition) is 1. The van der Waals surface area contributed by atoms with Crippen molar-refractivity contribution < 1.29 is 9.90 Å². The molecule has 4 fully saturated rings. The van der Waals surface area contributed by atoms with Gasteiger partial charge in [-0.3, -0.25) is 4.79 Å². The molecule has 2 heteroatoms. The average molecular weight is 407 g/mol. The zero-order valence-corrected chi connectivity index (χ0v) is 19.2. The van der Waals surface area contributed by atoms with Crippen LogP contribution in [0.4, 0.5) is 0 Å². The van der Waals surface area contributed by atoms with Crippen LogP contribution in [-0.4, -0.2) is 16.5 Å². The Bertz CT molecular complexity index is 883. The van der Waals surface area contributed by atoms with Crippen molar-refractivity contribution >= 4 is 11.9 Å². The van der Waals surface area contributed by atoms with Gasteiger partial charge in [-0.25, -0.2) is 0 Å². The number of carbonyl (C=O) groups excluding carboxylic acids is 1. The number of carbonyl (C=O) groups is 1. The summed E-state index contributed by atoms with van der Waals surface area (Å²) >= 11 is 0. The van der Waals surface area contributed by atoms with E-state index in [0.29, 0.717) is 30.0 Å². The molecule has 30 heavy (non-hydrogen) atoms. The molecule has 4 saturated carbocycles. The molecule has 4 aliphatic carbocycles. The molecule has 1 N–H and O–H groups in total. The molecule has 0 bridgehead atoms. The molecule has 0 saturated heterocycles. The van der Waals surface area contributed by atoms with Crippen molar-refractivity contribution in [2.75, 3.05) is 0 Å². The van der Waals surface area contributed by atoms with E-state index < -0.39 is 5.60 Å². The maximum atomic E-state index is 13.2. The molecule has 0 aromatic heterocycles. The van der Waals surface area contributed by atoms with E-state index >= 15 is 0 Å². The highest BCUT2D eigenvalue weighted by atomic mass is 16.3. The quantitative estimate of drug-likeness (QED) is 0.545. The van der Waals surface area contributed by atoms with Gasteiger partial charge in [-0.1, -0.05) is 51.1 Å². The van der Waals surface area contributed by atoms with Crippen LogP contribution in [0.3, 0.4) is 0 Å². The van der Waals surface area contributed by atoms with E-state index in [1.807, 2.05) is 6.07 Å². The van der Waals surface area contributed by atoms with E-state index in [0.717, 1.165) is 36.8 Å².